The highest BCUT2D eigenvalue weighted by molar-refractivity contribution is 6.29. The maximum absolute atomic E-state index is 12.7. The van der Waals surface area contributed by atoms with Crippen LogP contribution in [0.25, 0.3) is 11.2 Å². The predicted molar refractivity (Wildman–Crippen MR) is 99.2 cm³/mol. The van der Waals surface area contributed by atoms with E-state index in [1.54, 1.807) is 17.7 Å². The smallest absolute Gasteiger partial charge is 0.332 e. The number of fused-ring (bicyclic) bond motifs is 1. The minimum Gasteiger partial charge on any atom is -0.341 e. The van der Waals surface area contributed by atoms with Crippen molar-refractivity contribution in [2.75, 3.05) is 18.0 Å². The molecule has 1 fully saturated rings. The zero-order chi connectivity index (χ0) is 18.3. The van der Waals surface area contributed by atoms with Crippen molar-refractivity contribution in [3.63, 3.8) is 0 Å². The Morgan fingerprint density at radius 2 is 2.08 bits per heavy atom. The Bertz CT molecular complexity index is 954. The van der Waals surface area contributed by atoms with E-state index in [0.29, 0.717) is 35.2 Å². The molecule has 3 rings (SSSR count). The SMILES string of the molecule is CC=C(Cl)Cn1c(N2CCCC(N)C2)nc2c1c(=O)n(C)c(=O)n2C. The van der Waals surface area contributed by atoms with Crippen molar-refractivity contribution in [2.24, 2.45) is 19.8 Å². The third kappa shape index (κ3) is 3.00. The van der Waals surface area contributed by atoms with Gasteiger partial charge in [0.15, 0.2) is 11.2 Å². The number of imidazole rings is 1. The second kappa shape index (κ2) is 6.68. The number of halogens is 1. The Kier molecular flexibility index (Phi) is 4.75. The van der Waals surface area contributed by atoms with Crippen LogP contribution < -0.4 is 21.9 Å². The first-order valence-corrected chi connectivity index (χ1v) is 8.70. The number of hydrogen-bond donors (Lipinski definition) is 1. The zero-order valence-electron chi connectivity index (χ0n) is 14.7. The van der Waals surface area contributed by atoms with E-state index in [9.17, 15) is 9.59 Å². The summed E-state index contributed by atoms with van der Waals surface area (Å²) in [4.78, 5) is 31.7. The molecule has 0 saturated carbocycles. The third-order valence-corrected chi connectivity index (χ3v) is 5.03. The molecule has 2 N–H and O–H groups in total. The number of aromatic nitrogens is 4. The highest BCUT2D eigenvalue weighted by Crippen LogP contribution is 2.24. The molecule has 1 unspecified atom stereocenters. The molecular weight excluding hydrogens is 344 g/mol. The van der Waals surface area contributed by atoms with Gasteiger partial charge in [0.1, 0.15) is 0 Å². The highest BCUT2D eigenvalue weighted by atomic mass is 35.5. The first kappa shape index (κ1) is 17.8. The number of rotatable bonds is 3. The van der Waals surface area contributed by atoms with Crippen molar-refractivity contribution in [2.45, 2.75) is 32.4 Å². The highest BCUT2D eigenvalue weighted by Gasteiger charge is 2.25. The fourth-order valence-electron chi connectivity index (χ4n) is 3.26. The Hall–Kier alpha value is -2.06. The van der Waals surface area contributed by atoms with Crippen molar-refractivity contribution >= 4 is 28.7 Å². The van der Waals surface area contributed by atoms with Crippen LogP contribution in [0.4, 0.5) is 5.95 Å². The number of aryl methyl sites for hydroxylation is 1. The van der Waals surface area contributed by atoms with Gasteiger partial charge in [-0.05, 0) is 19.8 Å². The van der Waals surface area contributed by atoms with Crippen molar-refractivity contribution in [1.29, 1.82) is 0 Å². The second-order valence-corrected chi connectivity index (χ2v) is 6.95. The molecule has 0 amide bonds. The van der Waals surface area contributed by atoms with Crippen LogP contribution in [-0.4, -0.2) is 37.8 Å². The summed E-state index contributed by atoms with van der Waals surface area (Å²) in [5, 5.41) is 0.595. The molecule has 1 saturated heterocycles. The van der Waals surface area contributed by atoms with Crippen LogP contribution in [0.2, 0.25) is 0 Å². The van der Waals surface area contributed by atoms with Crippen LogP contribution >= 0.6 is 11.6 Å². The van der Waals surface area contributed by atoms with E-state index in [4.69, 9.17) is 17.3 Å². The van der Waals surface area contributed by atoms with Gasteiger partial charge in [-0.1, -0.05) is 17.7 Å². The second-order valence-electron chi connectivity index (χ2n) is 6.46. The number of nitrogens with zero attached hydrogens (tertiary/aromatic N) is 5. The van der Waals surface area contributed by atoms with Gasteiger partial charge < -0.3 is 10.6 Å². The number of piperidine rings is 1. The maximum atomic E-state index is 12.7. The quantitative estimate of drug-likeness (QED) is 0.854. The van der Waals surface area contributed by atoms with E-state index in [-0.39, 0.29) is 11.6 Å². The van der Waals surface area contributed by atoms with E-state index in [1.165, 1.54) is 11.6 Å². The Balaban J connectivity index is 2.30. The molecule has 8 nitrogen and oxygen atoms in total. The maximum Gasteiger partial charge on any atom is 0.332 e. The monoisotopic (exact) mass is 366 g/mol. The van der Waals surface area contributed by atoms with Gasteiger partial charge in [-0.2, -0.15) is 4.98 Å². The van der Waals surface area contributed by atoms with Gasteiger partial charge in [0.05, 0.1) is 6.54 Å². The van der Waals surface area contributed by atoms with Crippen molar-refractivity contribution in [3.05, 3.63) is 31.9 Å². The largest absolute Gasteiger partial charge is 0.341 e. The van der Waals surface area contributed by atoms with Crippen molar-refractivity contribution < 1.29 is 0 Å². The first-order valence-electron chi connectivity index (χ1n) is 8.32. The minimum absolute atomic E-state index is 0.0610. The Labute approximate surface area is 150 Å². The van der Waals surface area contributed by atoms with Gasteiger partial charge in [0, 0.05) is 38.3 Å². The number of allylic oxidation sites excluding steroid dienone is 2. The molecule has 0 bridgehead atoms. The molecule has 0 aliphatic carbocycles. The fraction of sp³-hybridized carbons (Fsp3) is 0.562. The van der Waals surface area contributed by atoms with E-state index < -0.39 is 5.69 Å². The van der Waals surface area contributed by atoms with Gasteiger partial charge in [-0.15, -0.1) is 0 Å². The minimum atomic E-state index is -0.402. The molecule has 1 atom stereocenters. The molecule has 2 aromatic rings. The van der Waals surface area contributed by atoms with E-state index >= 15 is 0 Å². The molecule has 1 aliphatic heterocycles. The van der Waals surface area contributed by atoms with Crippen LogP contribution in [0.1, 0.15) is 19.8 Å². The fourth-order valence-corrected chi connectivity index (χ4v) is 3.38. The van der Waals surface area contributed by atoms with E-state index in [2.05, 4.69) is 9.88 Å². The molecule has 0 aromatic carbocycles. The average molecular weight is 367 g/mol. The molecule has 9 heteroatoms. The Morgan fingerprint density at radius 3 is 2.72 bits per heavy atom. The van der Waals surface area contributed by atoms with Crippen LogP contribution in [0.5, 0.6) is 0 Å². The molecule has 136 valence electrons. The molecule has 25 heavy (non-hydrogen) atoms. The number of nitrogens with two attached hydrogens (primary N) is 1. The van der Waals surface area contributed by atoms with Crippen LogP contribution in [0.15, 0.2) is 20.7 Å². The van der Waals surface area contributed by atoms with Gasteiger partial charge >= 0.3 is 5.69 Å². The standard InChI is InChI=1S/C16H23ClN6O2/c1-4-10(17)8-23-12-13(20(2)16(25)21(3)14(12)24)19-15(23)22-7-5-6-11(18)9-22/h4,11H,5-9,18H2,1-3H3. The summed E-state index contributed by atoms with van der Waals surface area (Å²) in [5.41, 5.74) is 6.06. The van der Waals surface area contributed by atoms with E-state index in [0.717, 1.165) is 24.0 Å². The molecule has 3 heterocycles. The molecule has 2 aromatic heterocycles. The topological polar surface area (TPSA) is 91.1 Å². The van der Waals surface area contributed by atoms with Crippen LogP contribution in [0.3, 0.4) is 0 Å². The van der Waals surface area contributed by atoms with E-state index in [1.807, 2.05) is 6.92 Å². The summed E-state index contributed by atoms with van der Waals surface area (Å²) in [7, 11) is 3.08. The average Bonchev–Trinajstić information content (AvgIpc) is 2.97. The van der Waals surface area contributed by atoms with Gasteiger partial charge in [0.2, 0.25) is 5.95 Å². The third-order valence-electron chi connectivity index (χ3n) is 4.69. The predicted octanol–water partition coefficient (Wildman–Crippen LogP) is 0.504. The lowest BCUT2D eigenvalue weighted by molar-refractivity contribution is 0.495. The van der Waals surface area contributed by atoms with Gasteiger partial charge in [-0.3, -0.25) is 18.5 Å². The molecule has 0 radical (unpaired) electrons. The first-order chi connectivity index (χ1) is 11.8. The number of hydrogen-bond acceptors (Lipinski definition) is 5. The van der Waals surface area contributed by atoms with Crippen molar-refractivity contribution in [1.82, 2.24) is 18.7 Å². The summed E-state index contributed by atoms with van der Waals surface area (Å²) < 4.78 is 4.28. The summed E-state index contributed by atoms with van der Waals surface area (Å²) >= 11 is 6.25. The molecule has 1 aliphatic rings. The lowest BCUT2D eigenvalue weighted by Crippen LogP contribution is -2.44. The van der Waals surface area contributed by atoms with Gasteiger partial charge in [-0.25, -0.2) is 4.79 Å². The normalized spacial score (nSPS) is 19.0. The Morgan fingerprint density at radius 1 is 1.36 bits per heavy atom. The lowest BCUT2D eigenvalue weighted by atomic mass is 10.1. The zero-order valence-corrected chi connectivity index (χ0v) is 15.5. The summed E-state index contributed by atoms with van der Waals surface area (Å²) in [6.45, 7) is 3.62. The van der Waals surface area contributed by atoms with Crippen LogP contribution in [-0.2, 0) is 20.6 Å². The lowest BCUT2D eigenvalue weighted by Gasteiger charge is -2.31. The number of anilines is 1. The summed E-state index contributed by atoms with van der Waals surface area (Å²) in [6.07, 6.45) is 3.71. The molecular formula is C16H23ClN6O2. The summed E-state index contributed by atoms with van der Waals surface area (Å²) in [5.74, 6) is 0.628. The van der Waals surface area contributed by atoms with Crippen molar-refractivity contribution in [3.8, 4) is 0 Å². The molecule has 0 spiro atoms. The van der Waals surface area contributed by atoms with Gasteiger partial charge in [0.25, 0.3) is 5.56 Å². The summed E-state index contributed by atoms with van der Waals surface area (Å²) in [6, 6.07) is 0.0610. The van der Waals surface area contributed by atoms with Crippen LogP contribution in [0, 0.1) is 0 Å².